The van der Waals surface area contributed by atoms with E-state index in [2.05, 4.69) is 42.8 Å². The van der Waals surface area contributed by atoms with Crippen molar-refractivity contribution in [3.05, 3.63) is 0 Å². The van der Waals surface area contributed by atoms with E-state index in [-0.39, 0.29) is 17.0 Å². The van der Waals surface area contributed by atoms with Gasteiger partial charge in [0.25, 0.3) is 0 Å². The number of carbonyl (C=O) groups is 1. The Balaban J connectivity index is 1.36. The van der Waals surface area contributed by atoms with Gasteiger partial charge in [-0.15, -0.1) is 0 Å². The van der Waals surface area contributed by atoms with Crippen LogP contribution in [0.4, 0.5) is 0 Å². The first kappa shape index (κ1) is 20.6. The number of nitrogens with one attached hydrogen (secondary N) is 1. The molecule has 1 spiro atoms. The number of amides is 1. The van der Waals surface area contributed by atoms with E-state index in [1.165, 1.54) is 6.42 Å². The quantitative estimate of drug-likeness (QED) is 0.714. The molecule has 4 aliphatic heterocycles. The second kappa shape index (κ2) is 7.86. The van der Waals surface area contributed by atoms with Gasteiger partial charge in [0.2, 0.25) is 5.91 Å². The number of rotatable bonds is 7. The van der Waals surface area contributed by atoms with E-state index >= 15 is 0 Å². The Morgan fingerprint density at radius 1 is 1.29 bits per heavy atom. The molecule has 0 aromatic carbocycles. The van der Waals surface area contributed by atoms with Gasteiger partial charge in [-0.25, -0.2) is 0 Å². The van der Waals surface area contributed by atoms with Crippen molar-refractivity contribution in [1.82, 2.24) is 15.1 Å². The Morgan fingerprint density at radius 3 is 2.75 bits per heavy atom. The van der Waals surface area contributed by atoms with Gasteiger partial charge in [0.15, 0.2) is 0 Å². The van der Waals surface area contributed by atoms with E-state index in [0.717, 1.165) is 58.9 Å². The predicted molar refractivity (Wildman–Crippen MR) is 109 cm³/mol. The summed E-state index contributed by atoms with van der Waals surface area (Å²) < 4.78 is 12.1. The highest BCUT2D eigenvalue weighted by atomic mass is 16.5. The van der Waals surface area contributed by atoms with Crippen molar-refractivity contribution in [2.24, 2.45) is 17.8 Å². The Bertz CT molecular complexity index is 575. The van der Waals surface area contributed by atoms with Crippen LogP contribution in [0.3, 0.4) is 0 Å². The third kappa shape index (κ3) is 3.98. The van der Waals surface area contributed by atoms with Crippen molar-refractivity contribution in [2.75, 3.05) is 52.5 Å². The van der Waals surface area contributed by atoms with Crippen LogP contribution in [0.15, 0.2) is 0 Å². The van der Waals surface area contributed by atoms with Crippen molar-refractivity contribution in [1.29, 1.82) is 0 Å². The van der Waals surface area contributed by atoms with E-state index in [1.54, 1.807) is 0 Å². The molecule has 0 aromatic rings. The Kier molecular flexibility index (Phi) is 5.78. The van der Waals surface area contributed by atoms with Crippen molar-refractivity contribution in [3.63, 3.8) is 0 Å². The molecule has 4 aliphatic rings. The Morgan fingerprint density at radius 2 is 2.04 bits per heavy atom. The minimum Gasteiger partial charge on any atom is -0.379 e. The minimum absolute atomic E-state index is 0.0409. The zero-order valence-corrected chi connectivity index (χ0v) is 18.2. The van der Waals surface area contributed by atoms with Gasteiger partial charge in [0.1, 0.15) is 0 Å². The van der Waals surface area contributed by atoms with Crippen LogP contribution < -0.4 is 5.32 Å². The molecule has 0 saturated carbocycles. The molecule has 6 heteroatoms. The molecule has 4 heterocycles. The lowest BCUT2D eigenvalue weighted by Gasteiger charge is -2.43. The fraction of sp³-hybridized carbons (Fsp3) is 0.955. The van der Waals surface area contributed by atoms with Gasteiger partial charge in [-0.2, -0.15) is 0 Å². The van der Waals surface area contributed by atoms with Gasteiger partial charge in [-0.1, -0.05) is 13.8 Å². The van der Waals surface area contributed by atoms with Crippen molar-refractivity contribution < 1.29 is 14.3 Å². The summed E-state index contributed by atoms with van der Waals surface area (Å²) in [6.45, 7) is 16.7. The lowest BCUT2D eigenvalue weighted by atomic mass is 9.73. The molecule has 1 N–H and O–H groups in total. The molecule has 4 fully saturated rings. The number of hydrogen-bond donors (Lipinski definition) is 1. The molecule has 0 aromatic heterocycles. The first-order chi connectivity index (χ1) is 13.3. The molecule has 160 valence electrons. The fourth-order valence-corrected chi connectivity index (χ4v) is 6.17. The van der Waals surface area contributed by atoms with Crippen LogP contribution in [0.2, 0.25) is 0 Å². The molecular weight excluding hydrogens is 354 g/mol. The van der Waals surface area contributed by atoms with Crippen LogP contribution in [0.5, 0.6) is 0 Å². The molecule has 4 atom stereocenters. The molecule has 28 heavy (non-hydrogen) atoms. The highest BCUT2D eigenvalue weighted by Gasteiger charge is 2.63. The zero-order chi connectivity index (χ0) is 19.9. The summed E-state index contributed by atoms with van der Waals surface area (Å²) in [6.07, 6.45) is 3.31. The van der Waals surface area contributed by atoms with Crippen LogP contribution in [-0.2, 0) is 14.3 Å². The van der Waals surface area contributed by atoms with Gasteiger partial charge < -0.3 is 14.8 Å². The van der Waals surface area contributed by atoms with Crippen molar-refractivity contribution in [2.45, 2.75) is 64.2 Å². The van der Waals surface area contributed by atoms with E-state index in [0.29, 0.717) is 30.3 Å². The Hall–Kier alpha value is -0.690. The maximum atomic E-state index is 12.2. The second-order valence-electron chi connectivity index (χ2n) is 10.5. The maximum Gasteiger partial charge on any atom is 0.220 e. The topological polar surface area (TPSA) is 54.0 Å². The molecular formula is C22H39N3O3. The van der Waals surface area contributed by atoms with E-state index in [4.69, 9.17) is 9.47 Å². The lowest BCUT2D eigenvalue weighted by Crippen LogP contribution is -2.55. The Labute approximate surface area is 170 Å². The zero-order valence-electron chi connectivity index (χ0n) is 18.2. The molecule has 0 radical (unpaired) electrons. The smallest absolute Gasteiger partial charge is 0.220 e. The lowest BCUT2D eigenvalue weighted by molar-refractivity contribution is -0.122. The van der Waals surface area contributed by atoms with Crippen LogP contribution in [-0.4, -0.2) is 85.4 Å². The highest BCUT2D eigenvalue weighted by molar-refractivity contribution is 5.76. The minimum atomic E-state index is 0.0409. The van der Waals surface area contributed by atoms with E-state index < -0.39 is 0 Å². The number of ether oxygens (including phenoxy) is 2. The number of fused-ring (bicyclic) bond motifs is 1. The molecule has 0 aliphatic carbocycles. The van der Waals surface area contributed by atoms with E-state index in [9.17, 15) is 4.79 Å². The number of nitrogens with zero attached hydrogens (tertiary/aromatic N) is 2. The summed E-state index contributed by atoms with van der Waals surface area (Å²) in [4.78, 5) is 17.4. The average Bonchev–Trinajstić information content (AvgIpc) is 3.27. The number of carbonyl (C=O) groups excluding carboxylic acids is 1. The van der Waals surface area contributed by atoms with Gasteiger partial charge in [-0.3, -0.25) is 14.6 Å². The number of likely N-dealkylation sites (tertiary alicyclic amines) is 1. The van der Waals surface area contributed by atoms with Gasteiger partial charge in [0, 0.05) is 63.1 Å². The second-order valence-corrected chi connectivity index (χ2v) is 10.5. The normalized spacial score (nSPS) is 36.2. The van der Waals surface area contributed by atoms with E-state index in [1.807, 2.05) is 0 Å². The van der Waals surface area contributed by atoms with Crippen LogP contribution >= 0.6 is 0 Å². The molecule has 2 bridgehead atoms. The molecule has 4 rings (SSSR count). The number of morpholine rings is 1. The summed E-state index contributed by atoms with van der Waals surface area (Å²) in [5.74, 6) is 1.63. The van der Waals surface area contributed by atoms with Gasteiger partial charge in [0.05, 0.1) is 24.9 Å². The van der Waals surface area contributed by atoms with Crippen molar-refractivity contribution in [3.8, 4) is 0 Å². The largest absolute Gasteiger partial charge is 0.379 e. The van der Waals surface area contributed by atoms with Crippen LogP contribution in [0.1, 0.15) is 47.0 Å². The molecule has 4 saturated heterocycles. The van der Waals surface area contributed by atoms with Crippen molar-refractivity contribution >= 4 is 5.91 Å². The summed E-state index contributed by atoms with van der Waals surface area (Å²) in [5.41, 5.74) is 0.192. The van der Waals surface area contributed by atoms with Crippen LogP contribution in [0, 0.1) is 17.8 Å². The SMILES string of the molecule is CC(C)CC(=O)NC[C@H]1[C@H]2CN(CC(C)(C)N3CCOCC3)C[C@]23CC[C@H]1O3. The van der Waals surface area contributed by atoms with Gasteiger partial charge in [-0.05, 0) is 32.6 Å². The summed E-state index contributed by atoms with van der Waals surface area (Å²) in [5, 5.41) is 3.21. The predicted octanol–water partition coefficient (Wildman–Crippen LogP) is 1.74. The standard InChI is InChI=1S/C22H39N3O3/c1-16(2)11-20(26)23-12-17-18-13-24(15-22(18)6-5-19(17)28-22)14-21(3,4)25-7-9-27-10-8-25/h16-19H,5-15H2,1-4H3,(H,23,26)/t17-,18+,19+,22+/m0/s1. The summed E-state index contributed by atoms with van der Waals surface area (Å²) in [7, 11) is 0. The monoisotopic (exact) mass is 393 g/mol. The van der Waals surface area contributed by atoms with Crippen LogP contribution in [0.25, 0.3) is 0 Å². The van der Waals surface area contributed by atoms with Gasteiger partial charge >= 0.3 is 0 Å². The third-order valence-corrected chi connectivity index (χ3v) is 7.46. The summed E-state index contributed by atoms with van der Waals surface area (Å²) >= 11 is 0. The summed E-state index contributed by atoms with van der Waals surface area (Å²) in [6, 6.07) is 0. The molecule has 0 unspecified atom stereocenters. The maximum absolute atomic E-state index is 12.2. The first-order valence-corrected chi connectivity index (χ1v) is 11.3. The highest BCUT2D eigenvalue weighted by Crippen LogP contribution is 2.54. The third-order valence-electron chi connectivity index (χ3n) is 7.46. The fourth-order valence-electron chi connectivity index (χ4n) is 6.17. The molecule has 1 amide bonds. The first-order valence-electron chi connectivity index (χ1n) is 11.3. The number of hydrogen-bond acceptors (Lipinski definition) is 5. The average molecular weight is 394 g/mol. The molecule has 6 nitrogen and oxygen atoms in total.